The second kappa shape index (κ2) is 4.93. The molecular formula is C11H13ClO. The minimum absolute atomic E-state index is 0.704. The van der Waals surface area contributed by atoms with E-state index in [-0.39, 0.29) is 0 Å². The molecule has 1 nitrogen and oxygen atoms in total. The molecule has 1 aromatic rings. The summed E-state index contributed by atoms with van der Waals surface area (Å²) in [5.74, 6) is 0.883. The van der Waals surface area contributed by atoms with Crippen LogP contribution in [0.3, 0.4) is 0 Å². The van der Waals surface area contributed by atoms with Crippen molar-refractivity contribution in [2.45, 2.75) is 12.8 Å². The molecule has 1 aromatic carbocycles. The molecule has 0 fully saturated rings. The maximum atomic E-state index is 5.67. The zero-order valence-corrected chi connectivity index (χ0v) is 8.47. The molecule has 2 heteroatoms. The minimum atomic E-state index is 0.704. The molecule has 0 atom stereocenters. The highest BCUT2D eigenvalue weighted by Gasteiger charge is 1.95. The van der Waals surface area contributed by atoms with Crippen LogP contribution in [-0.4, -0.2) is 7.11 Å². The van der Waals surface area contributed by atoms with E-state index in [4.69, 9.17) is 16.3 Å². The van der Waals surface area contributed by atoms with Crippen LogP contribution in [0.15, 0.2) is 35.9 Å². The Morgan fingerprint density at radius 2 is 2.00 bits per heavy atom. The number of methoxy groups -OCH3 is 1. The number of hydrogen-bond acceptors (Lipinski definition) is 1. The number of rotatable bonds is 4. The molecular weight excluding hydrogens is 184 g/mol. The topological polar surface area (TPSA) is 9.23 Å². The highest BCUT2D eigenvalue weighted by Crippen LogP contribution is 2.14. The van der Waals surface area contributed by atoms with Crippen LogP contribution in [0.25, 0.3) is 0 Å². The summed E-state index contributed by atoms with van der Waals surface area (Å²) in [6.45, 7) is 3.64. The third kappa shape index (κ3) is 3.51. The normalized spacial score (nSPS) is 9.69. The van der Waals surface area contributed by atoms with Gasteiger partial charge in [0, 0.05) is 5.03 Å². The van der Waals surface area contributed by atoms with E-state index >= 15 is 0 Å². The smallest absolute Gasteiger partial charge is 0.118 e. The maximum Gasteiger partial charge on any atom is 0.118 e. The number of benzene rings is 1. The minimum Gasteiger partial charge on any atom is -0.497 e. The van der Waals surface area contributed by atoms with Gasteiger partial charge in [0.25, 0.3) is 0 Å². The van der Waals surface area contributed by atoms with E-state index in [0.717, 1.165) is 18.6 Å². The molecule has 0 heterocycles. The Morgan fingerprint density at radius 1 is 1.38 bits per heavy atom. The summed E-state index contributed by atoms with van der Waals surface area (Å²) in [6.07, 6.45) is 1.76. The van der Waals surface area contributed by atoms with Crippen LogP contribution in [0.1, 0.15) is 12.0 Å². The van der Waals surface area contributed by atoms with Gasteiger partial charge in [-0.1, -0.05) is 30.3 Å². The van der Waals surface area contributed by atoms with Crippen LogP contribution in [0.2, 0.25) is 0 Å². The van der Waals surface area contributed by atoms with Crippen LogP contribution in [0.4, 0.5) is 0 Å². The van der Waals surface area contributed by atoms with E-state index in [1.54, 1.807) is 7.11 Å². The van der Waals surface area contributed by atoms with E-state index in [2.05, 4.69) is 6.58 Å². The molecule has 70 valence electrons. The van der Waals surface area contributed by atoms with Crippen molar-refractivity contribution in [1.82, 2.24) is 0 Å². The first kappa shape index (κ1) is 10.1. The molecule has 0 saturated heterocycles. The number of hydrogen-bond donors (Lipinski definition) is 0. The fourth-order valence-corrected chi connectivity index (χ4v) is 1.17. The summed E-state index contributed by atoms with van der Waals surface area (Å²) in [7, 11) is 1.66. The molecule has 0 aliphatic carbocycles. The maximum absolute atomic E-state index is 5.67. The molecule has 0 radical (unpaired) electrons. The standard InChI is InChI=1S/C11H13ClO/c1-9(12)3-4-10-5-7-11(13-2)8-6-10/h5-8H,1,3-4H2,2H3. The predicted octanol–water partition coefficient (Wildman–Crippen LogP) is 3.38. The molecule has 0 bridgehead atoms. The van der Waals surface area contributed by atoms with Crippen LogP contribution in [0.5, 0.6) is 5.75 Å². The lowest BCUT2D eigenvalue weighted by molar-refractivity contribution is 0.414. The molecule has 0 spiro atoms. The summed E-state index contributed by atoms with van der Waals surface area (Å²) >= 11 is 5.67. The van der Waals surface area contributed by atoms with Crippen LogP contribution in [-0.2, 0) is 6.42 Å². The predicted molar refractivity (Wildman–Crippen MR) is 56.3 cm³/mol. The second-order valence-corrected chi connectivity index (χ2v) is 3.40. The molecule has 0 aliphatic heterocycles. The molecule has 1 rings (SSSR count). The quantitative estimate of drug-likeness (QED) is 0.718. The van der Waals surface area contributed by atoms with E-state index in [0.29, 0.717) is 5.03 Å². The van der Waals surface area contributed by atoms with Gasteiger partial charge in [0.15, 0.2) is 0 Å². The lowest BCUT2D eigenvalue weighted by Crippen LogP contribution is -1.86. The summed E-state index contributed by atoms with van der Waals surface area (Å²) in [5, 5.41) is 0.704. The highest BCUT2D eigenvalue weighted by molar-refractivity contribution is 6.29. The third-order valence-electron chi connectivity index (χ3n) is 1.84. The average Bonchev–Trinajstić information content (AvgIpc) is 2.15. The zero-order chi connectivity index (χ0) is 9.68. The fourth-order valence-electron chi connectivity index (χ4n) is 1.07. The molecule has 0 aromatic heterocycles. The van der Waals surface area contributed by atoms with Crippen molar-refractivity contribution in [1.29, 1.82) is 0 Å². The Kier molecular flexibility index (Phi) is 3.84. The first-order valence-corrected chi connectivity index (χ1v) is 4.56. The van der Waals surface area contributed by atoms with Gasteiger partial charge < -0.3 is 4.74 Å². The van der Waals surface area contributed by atoms with Gasteiger partial charge >= 0.3 is 0 Å². The summed E-state index contributed by atoms with van der Waals surface area (Å²) < 4.78 is 5.05. The summed E-state index contributed by atoms with van der Waals surface area (Å²) in [5.41, 5.74) is 1.25. The summed E-state index contributed by atoms with van der Waals surface area (Å²) in [6, 6.07) is 7.98. The second-order valence-electron chi connectivity index (χ2n) is 2.87. The molecule has 0 unspecified atom stereocenters. The van der Waals surface area contributed by atoms with Gasteiger partial charge in [-0.3, -0.25) is 0 Å². The number of allylic oxidation sites excluding steroid dienone is 1. The number of ether oxygens (including phenoxy) is 1. The largest absolute Gasteiger partial charge is 0.497 e. The molecule has 13 heavy (non-hydrogen) atoms. The molecule has 0 aliphatic rings. The Hall–Kier alpha value is -0.950. The fraction of sp³-hybridized carbons (Fsp3) is 0.273. The average molecular weight is 197 g/mol. The van der Waals surface area contributed by atoms with Crippen LogP contribution < -0.4 is 4.74 Å². The van der Waals surface area contributed by atoms with Crippen molar-refractivity contribution in [2.75, 3.05) is 7.11 Å². The summed E-state index contributed by atoms with van der Waals surface area (Å²) in [4.78, 5) is 0. The van der Waals surface area contributed by atoms with Gasteiger partial charge in [-0.2, -0.15) is 0 Å². The van der Waals surface area contributed by atoms with E-state index < -0.39 is 0 Å². The Balaban J connectivity index is 2.54. The molecule has 0 saturated carbocycles. The van der Waals surface area contributed by atoms with Crippen molar-refractivity contribution < 1.29 is 4.74 Å². The van der Waals surface area contributed by atoms with Gasteiger partial charge in [-0.25, -0.2) is 0 Å². The van der Waals surface area contributed by atoms with Gasteiger partial charge in [-0.05, 0) is 30.5 Å². The van der Waals surface area contributed by atoms with Gasteiger partial charge in [-0.15, -0.1) is 0 Å². The van der Waals surface area contributed by atoms with Gasteiger partial charge in [0.1, 0.15) is 5.75 Å². The van der Waals surface area contributed by atoms with Crippen LogP contribution in [0, 0.1) is 0 Å². The molecule has 0 N–H and O–H groups in total. The monoisotopic (exact) mass is 196 g/mol. The zero-order valence-electron chi connectivity index (χ0n) is 7.72. The van der Waals surface area contributed by atoms with Crippen molar-refractivity contribution in [3.8, 4) is 5.75 Å². The Bertz CT molecular complexity index is 277. The lowest BCUT2D eigenvalue weighted by Gasteiger charge is -2.02. The van der Waals surface area contributed by atoms with Crippen LogP contribution >= 0.6 is 11.6 Å². The Morgan fingerprint density at radius 3 is 2.46 bits per heavy atom. The Labute approximate surface area is 84.0 Å². The van der Waals surface area contributed by atoms with Gasteiger partial charge in [0.05, 0.1) is 7.11 Å². The van der Waals surface area contributed by atoms with E-state index in [9.17, 15) is 0 Å². The lowest BCUT2D eigenvalue weighted by atomic mass is 10.1. The van der Waals surface area contributed by atoms with Crippen molar-refractivity contribution in [3.05, 3.63) is 41.4 Å². The first-order valence-electron chi connectivity index (χ1n) is 4.18. The SMILES string of the molecule is C=C(Cl)CCc1ccc(OC)cc1. The number of halogens is 1. The van der Waals surface area contributed by atoms with Crippen molar-refractivity contribution in [2.24, 2.45) is 0 Å². The third-order valence-corrected chi connectivity index (χ3v) is 2.03. The number of aryl methyl sites for hydroxylation is 1. The van der Waals surface area contributed by atoms with Crippen molar-refractivity contribution in [3.63, 3.8) is 0 Å². The van der Waals surface area contributed by atoms with E-state index in [1.165, 1.54) is 5.56 Å². The first-order chi connectivity index (χ1) is 6.22. The highest BCUT2D eigenvalue weighted by atomic mass is 35.5. The van der Waals surface area contributed by atoms with Gasteiger partial charge in [0.2, 0.25) is 0 Å². The van der Waals surface area contributed by atoms with E-state index in [1.807, 2.05) is 24.3 Å². The van der Waals surface area contributed by atoms with Crippen molar-refractivity contribution >= 4 is 11.6 Å². The molecule has 0 amide bonds.